The predicted octanol–water partition coefficient (Wildman–Crippen LogP) is 4.16. The Morgan fingerprint density at radius 2 is 1.83 bits per heavy atom. The van der Waals surface area contributed by atoms with E-state index in [-0.39, 0.29) is 24.0 Å². The molecular formula is C28H33N3O4. The second-order valence-corrected chi connectivity index (χ2v) is 9.03. The van der Waals surface area contributed by atoms with Crippen molar-refractivity contribution in [3.63, 3.8) is 0 Å². The van der Waals surface area contributed by atoms with Gasteiger partial charge in [-0.15, -0.1) is 0 Å². The lowest BCUT2D eigenvalue weighted by Crippen LogP contribution is -2.36. The first-order valence-electron chi connectivity index (χ1n) is 12.3. The molecule has 1 amide bonds. The lowest BCUT2D eigenvalue weighted by molar-refractivity contribution is 0.0782. The van der Waals surface area contributed by atoms with Crippen LogP contribution in [0.2, 0.25) is 0 Å². The van der Waals surface area contributed by atoms with E-state index in [0.29, 0.717) is 25.3 Å². The second-order valence-electron chi connectivity index (χ2n) is 9.03. The van der Waals surface area contributed by atoms with Gasteiger partial charge in [-0.3, -0.25) is 14.2 Å². The van der Waals surface area contributed by atoms with Gasteiger partial charge in [0.25, 0.3) is 11.5 Å². The fourth-order valence-corrected chi connectivity index (χ4v) is 4.84. The lowest BCUT2D eigenvalue weighted by Gasteiger charge is -2.26. The monoisotopic (exact) mass is 475 g/mol. The molecular weight excluding hydrogens is 442 g/mol. The maximum Gasteiger partial charge on any atom is 0.289 e. The average Bonchev–Trinajstić information content (AvgIpc) is 3.38. The number of rotatable bonds is 9. The average molecular weight is 476 g/mol. The smallest absolute Gasteiger partial charge is 0.289 e. The van der Waals surface area contributed by atoms with Crippen molar-refractivity contribution in [3.05, 3.63) is 93.5 Å². The van der Waals surface area contributed by atoms with Crippen LogP contribution in [0.25, 0.3) is 0 Å². The summed E-state index contributed by atoms with van der Waals surface area (Å²) in [4.78, 5) is 32.6. The van der Waals surface area contributed by atoms with Gasteiger partial charge in [0.15, 0.2) is 5.56 Å². The van der Waals surface area contributed by atoms with Crippen LogP contribution in [0.3, 0.4) is 0 Å². The van der Waals surface area contributed by atoms with Gasteiger partial charge in [-0.2, -0.15) is 4.98 Å². The number of carbonyl (C=O) groups is 1. The van der Waals surface area contributed by atoms with E-state index in [4.69, 9.17) is 4.74 Å². The Bertz CT molecular complexity index is 1190. The topological polar surface area (TPSA) is 84.7 Å². The molecule has 2 atom stereocenters. The van der Waals surface area contributed by atoms with Crippen LogP contribution in [0, 0.1) is 0 Å². The van der Waals surface area contributed by atoms with Gasteiger partial charge < -0.3 is 14.7 Å². The number of nitrogens with zero attached hydrogens (tertiary/aromatic N) is 3. The Kier molecular flexibility index (Phi) is 7.98. The van der Waals surface area contributed by atoms with Gasteiger partial charge >= 0.3 is 0 Å². The molecule has 1 fully saturated rings. The Balaban J connectivity index is 1.74. The second kappa shape index (κ2) is 11.3. The summed E-state index contributed by atoms with van der Waals surface area (Å²) in [6, 6.07) is 19.3. The van der Waals surface area contributed by atoms with Crippen molar-refractivity contribution in [2.45, 2.75) is 44.6 Å². The first-order chi connectivity index (χ1) is 17.0. The lowest BCUT2D eigenvalue weighted by atomic mass is 9.99. The fourth-order valence-electron chi connectivity index (χ4n) is 4.84. The van der Waals surface area contributed by atoms with E-state index in [2.05, 4.69) is 24.0 Å². The molecule has 7 heteroatoms. The van der Waals surface area contributed by atoms with Crippen molar-refractivity contribution in [1.29, 1.82) is 0 Å². The standard InChI is InChI=1S/C28H33N3O4/c1-3-4-15-24-29-26(32)25(27(33)30-17-16-22(18-30)20-11-7-5-8-12-20)28(34)31(24)23(19-35-2)21-13-9-6-10-14-21/h5-14,22-23,34H,3-4,15-19H2,1-2H3/t22-,23+/m1/s1. The van der Waals surface area contributed by atoms with Gasteiger partial charge in [-0.25, -0.2) is 0 Å². The van der Waals surface area contributed by atoms with E-state index in [9.17, 15) is 14.7 Å². The molecule has 4 rings (SSSR count). The molecule has 0 aliphatic carbocycles. The highest BCUT2D eigenvalue weighted by Crippen LogP contribution is 2.31. The Morgan fingerprint density at radius 3 is 2.49 bits per heavy atom. The summed E-state index contributed by atoms with van der Waals surface area (Å²) in [7, 11) is 1.59. The third-order valence-electron chi connectivity index (χ3n) is 6.71. The normalized spacial score (nSPS) is 16.4. The maximum atomic E-state index is 13.5. The number of aromatic nitrogens is 2. The number of unbranched alkanes of at least 4 members (excludes halogenated alkanes) is 1. The van der Waals surface area contributed by atoms with E-state index >= 15 is 0 Å². The molecule has 1 saturated heterocycles. The molecule has 1 aliphatic heterocycles. The highest BCUT2D eigenvalue weighted by Gasteiger charge is 2.33. The summed E-state index contributed by atoms with van der Waals surface area (Å²) in [5, 5.41) is 11.4. The summed E-state index contributed by atoms with van der Waals surface area (Å²) in [5.41, 5.74) is 1.12. The molecule has 2 aromatic carbocycles. The van der Waals surface area contributed by atoms with E-state index in [1.165, 1.54) is 5.56 Å². The van der Waals surface area contributed by atoms with E-state index in [1.54, 1.807) is 16.6 Å². The molecule has 0 unspecified atom stereocenters. The summed E-state index contributed by atoms with van der Waals surface area (Å²) >= 11 is 0. The number of aromatic hydroxyl groups is 1. The zero-order valence-corrected chi connectivity index (χ0v) is 20.4. The third kappa shape index (κ3) is 5.30. The number of methoxy groups -OCH3 is 1. The molecule has 0 bridgehead atoms. The summed E-state index contributed by atoms with van der Waals surface area (Å²) in [6.07, 6.45) is 3.04. The van der Waals surface area contributed by atoms with Gasteiger partial charge in [0.1, 0.15) is 5.82 Å². The third-order valence-corrected chi connectivity index (χ3v) is 6.71. The van der Waals surface area contributed by atoms with Crippen LogP contribution in [0.1, 0.15) is 65.5 Å². The van der Waals surface area contributed by atoms with Crippen LogP contribution in [-0.4, -0.2) is 52.3 Å². The molecule has 0 spiro atoms. The molecule has 35 heavy (non-hydrogen) atoms. The highest BCUT2D eigenvalue weighted by atomic mass is 16.5. The largest absolute Gasteiger partial charge is 0.494 e. The summed E-state index contributed by atoms with van der Waals surface area (Å²) in [6.45, 7) is 3.34. The molecule has 1 N–H and O–H groups in total. The first-order valence-corrected chi connectivity index (χ1v) is 12.3. The van der Waals surface area contributed by atoms with Crippen LogP contribution in [-0.2, 0) is 11.2 Å². The molecule has 2 heterocycles. The number of likely N-dealkylation sites (tertiary alicyclic amines) is 1. The number of carbonyl (C=O) groups excluding carboxylic acids is 1. The van der Waals surface area contributed by atoms with E-state index < -0.39 is 17.5 Å². The van der Waals surface area contributed by atoms with Crippen molar-refractivity contribution < 1.29 is 14.6 Å². The Morgan fingerprint density at radius 1 is 1.14 bits per heavy atom. The van der Waals surface area contributed by atoms with Crippen LogP contribution in [0.5, 0.6) is 5.88 Å². The Hall–Kier alpha value is -3.45. The molecule has 7 nitrogen and oxygen atoms in total. The summed E-state index contributed by atoms with van der Waals surface area (Å²) in [5.74, 6) is -0.152. The van der Waals surface area contributed by atoms with Crippen molar-refractivity contribution in [2.75, 3.05) is 26.8 Å². The van der Waals surface area contributed by atoms with Crippen LogP contribution >= 0.6 is 0 Å². The molecule has 0 radical (unpaired) electrons. The number of amides is 1. The summed E-state index contributed by atoms with van der Waals surface area (Å²) < 4.78 is 7.11. The first kappa shape index (κ1) is 24.7. The van der Waals surface area contributed by atoms with Gasteiger partial charge in [-0.1, -0.05) is 74.0 Å². The van der Waals surface area contributed by atoms with Crippen LogP contribution < -0.4 is 5.56 Å². The fraction of sp³-hybridized carbons (Fsp3) is 0.393. The Labute approximate surface area is 206 Å². The number of benzene rings is 2. The minimum Gasteiger partial charge on any atom is -0.494 e. The predicted molar refractivity (Wildman–Crippen MR) is 135 cm³/mol. The molecule has 0 saturated carbocycles. The SMILES string of the molecule is CCCCc1nc(=O)c(C(=O)N2CC[C@@H](c3ccccc3)C2)c(O)n1[C@@H](COC)c1ccccc1. The quantitative estimate of drug-likeness (QED) is 0.502. The van der Waals surface area contributed by atoms with Gasteiger partial charge in [0.2, 0.25) is 5.88 Å². The molecule has 1 aromatic heterocycles. The molecule has 3 aromatic rings. The number of ether oxygens (including phenoxy) is 1. The van der Waals surface area contributed by atoms with Crippen molar-refractivity contribution >= 4 is 5.91 Å². The number of hydrogen-bond donors (Lipinski definition) is 1. The highest BCUT2D eigenvalue weighted by molar-refractivity contribution is 5.96. The minimum absolute atomic E-state index is 0.201. The van der Waals surface area contributed by atoms with E-state index in [1.807, 2.05) is 48.5 Å². The van der Waals surface area contributed by atoms with Crippen molar-refractivity contribution in [3.8, 4) is 5.88 Å². The van der Waals surface area contributed by atoms with Crippen molar-refractivity contribution in [2.24, 2.45) is 0 Å². The van der Waals surface area contributed by atoms with Gasteiger partial charge in [0.05, 0.1) is 12.6 Å². The molecule has 1 aliphatic rings. The van der Waals surface area contributed by atoms with Crippen LogP contribution in [0.15, 0.2) is 65.5 Å². The maximum absolute atomic E-state index is 13.5. The van der Waals surface area contributed by atoms with E-state index in [0.717, 1.165) is 24.8 Å². The van der Waals surface area contributed by atoms with Crippen LogP contribution in [0.4, 0.5) is 0 Å². The minimum atomic E-state index is -0.678. The van der Waals surface area contributed by atoms with Gasteiger partial charge in [-0.05, 0) is 24.0 Å². The zero-order valence-electron chi connectivity index (χ0n) is 20.4. The number of hydrogen-bond acceptors (Lipinski definition) is 5. The van der Waals surface area contributed by atoms with Gasteiger partial charge in [0, 0.05) is 32.5 Å². The zero-order chi connectivity index (χ0) is 24.8. The number of aryl methyl sites for hydroxylation is 1. The van der Waals surface area contributed by atoms with Crippen molar-refractivity contribution in [1.82, 2.24) is 14.5 Å². The molecule has 184 valence electrons.